The number of pyridine rings is 1. The molecule has 5 nitrogen and oxygen atoms in total. The van der Waals surface area contributed by atoms with Gasteiger partial charge in [-0.2, -0.15) is 0 Å². The summed E-state index contributed by atoms with van der Waals surface area (Å²) in [5.41, 5.74) is 15.9. The molecule has 2 atom stereocenters. The predicted octanol–water partition coefficient (Wildman–Crippen LogP) is 14.2. The van der Waals surface area contributed by atoms with E-state index in [9.17, 15) is 0 Å². The van der Waals surface area contributed by atoms with Gasteiger partial charge in [-0.1, -0.05) is 163 Å². The molecule has 0 fully saturated rings. The average Bonchev–Trinajstić information content (AvgIpc) is 3.96. The fourth-order valence-corrected chi connectivity index (χ4v) is 13.3. The van der Waals surface area contributed by atoms with E-state index in [0.29, 0.717) is 5.92 Å². The first-order valence-corrected chi connectivity index (χ1v) is 24.4. The highest BCUT2D eigenvalue weighted by molar-refractivity contribution is 6.98. The number of benzene rings is 8. The molecule has 3 aliphatic rings. The van der Waals surface area contributed by atoms with Crippen LogP contribution in [0, 0.1) is 5.92 Å². The van der Waals surface area contributed by atoms with Crippen LogP contribution in [-0.2, 0) is 10.8 Å². The standard InChI is InChI=1S/C62H50BN3O2/c1-6-18-37(2)62(5)36-61(3,4)56-43(24-15-26-45(56)62)44-25-16-27-46-58(44)68-60-54(66-51-30-13-9-22-41(51)42-23-10-14-31-52(42)66)35-53(65-49-28-11-7-20-39(49)40-21-8-12-29-50(40)65)59-57(60)63(46)47-34-48-38(19-17-32-64-48)33-55(47)67-59/h7-17,19-35,37H,6,18,36H2,1-5H3. The van der Waals surface area contributed by atoms with Crippen LogP contribution in [0.25, 0.3) is 77.0 Å². The monoisotopic (exact) mass is 879 g/mol. The Bertz CT molecular complexity index is 3850. The second kappa shape index (κ2) is 14.2. The van der Waals surface area contributed by atoms with Gasteiger partial charge in [0.2, 0.25) is 0 Å². The molecule has 5 heterocycles. The third-order valence-corrected chi connectivity index (χ3v) is 16.2. The van der Waals surface area contributed by atoms with Gasteiger partial charge in [-0.25, -0.2) is 0 Å². The van der Waals surface area contributed by atoms with Gasteiger partial charge in [0.1, 0.15) is 11.5 Å². The van der Waals surface area contributed by atoms with Gasteiger partial charge in [-0.15, -0.1) is 0 Å². The number of fused-ring (bicyclic) bond motifs is 12. The Morgan fingerprint density at radius 1 is 0.588 bits per heavy atom. The topological polar surface area (TPSA) is 41.2 Å². The zero-order valence-electron chi connectivity index (χ0n) is 39.1. The van der Waals surface area contributed by atoms with Gasteiger partial charge in [0.05, 0.1) is 39.0 Å². The van der Waals surface area contributed by atoms with Crippen LogP contribution in [0.4, 0.5) is 0 Å². The van der Waals surface area contributed by atoms with E-state index in [2.05, 4.69) is 201 Å². The Hall–Kier alpha value is -7.57. The van der Waals surface area contributed by atoms with E-state index in [0.717, 1.165) is 95.7 Å². The van der Waals surface area contributed by atoms with E-state index < -0.39 is 0 Å². The SMILES string of the molecule is CCCC(C)C1(C)CC(C)(C)c2c(-c3cccc4c3Oc3c(-n5c6ccccc6c6ccccc65)cc(-n5c6ccccc6c6ccccc65)c5c3B4c3cc4ncccc4cc3O5)cccc21. The minimum Gasteiger partial charge on any atom is -0.456 e. The van der Waals surface area contributed by atoms with Gasteiger partial charge in [0.15, 0.2) is 11.5 Å². The number of rotatable bonds is 6. The number of hydrogen-bond acceptors (Lipinski definition) is 3. The van der Waals surface area contributed by atoms with Crippen molar-refractivity contribution in [1.29, 1.82) is 0 Å². The van der Waals surface area contributed by atoms with Crippen molar-refractivity contribution in [2.24, 2.45) is 5.92 Å². The molecule has 11 aromatic rings. The van der Waals surface area contributed by atoms with Crippen LogP contribution in [0.2, 0.25) is 0 Å². The van der Waals surface area contributed by atoms with E-state index in [4.69, 9.17) is 14.5 Å². The predicted molar refractivity (Wildman–Crippen MR) is 283 cm³/mol. The van der Waals surface area contributed by atoms with Crippen LogP contribution in [0.3, 0.4) is 0 Å². The molecule has 0 amide bonds. The molecule has 0 saturated heterocycles. The van der Waals surface area contributed by atoms with Crippen LogP contribution in [-0.4, -0.2) is 20.8 Å². The smallest absolute Gasteiger partial charge is 0.261 e. The highest BCUT2D eigenvalue weighted by atomic mass is 16.5. The minimum absolute atomic E-state index is 0.0493. The first-order chi connectivity index (χ1) is 33.2. The average molecular weight is 880 g/mol. The van der Waals surface area contributed by atoms with Crippen molar-refractivity contribution in [2.45, 2.75) is 64.7 Å². The number of nitrogens with zero attached hydrogens (tertiary/aromatic N) is 3. The van der Waals surface area contributed by atoms with Crippen LogP contribution in [0.15, 0.2) is 170 Å². The Kier molecular flexibility index (Phi) is 8.28. The molecule has 2 aliphatic heterocycles. The number of hydrogen-bond donors (Lipinski definition) is 0. The molecule has 1 aliphatic carbocycles. The lowest BCUT2D eigenvalue weighted by molar-refractivity contribution is 0.258. The minimum atomic E-state index is -0.238. The van der Waals surface area contributed by atoms with Crippen LogP contribution < -0.4 is 25.9 Å². The molecule has 8 aromatic carbocycles. The summed E-state index contributed by atoms with van der Waals surface area (Å²) in [5, 5.41) is 5.82. The number of aromatic nitrogens is 3. The third-order valence-electron chi connectivity index (χ3n) is 16.2. The second-order valence-electron chi connectivity index (χ2n) is 20.6. The van der Waals surface area contributed by atoms with E-state index in [-0.39, 0.29) is 17.5 Å². The van der Waals surface area contributed by atoms with Crippen molar-refractivity contribution >= 4 is 77.6 Å². The van der Waals surface area contributed by atoms with Gasteiger partial charge < -0.3 is 18.6 Å². The van der Waals surface area contributed by atoms with Gasteiger partial charge in [0, 0.05) is 44.2 Å². The van der Waals surface area contributed by atoms with Crippen molar-refractivity contribution in [2.75, 3.05) is 0 Å². The van der Waals surface area contributed by atoms with E-state index >= 15 is 0 Å². The number of para-hydroxylation sites is 5. The first-order valence-electron chi connectivity index (χ1n) is 24.4. The maximum Gasteiger partial charge on any atom is 0.261 e. The van der Waals surface area contributed by atoms with E-state index in [1.54, 1.807) is 0 Å². The largest absolute Gasteiger partial charge is 0.456 e. The molecule has 6 heteroatoms. The lowest BCUT2D eigenvalue weighted by atomic mass is 9.34. The molecule has 14 rings (SSSR count). The summed E-state index contributed by atoms with van der Waals surface area (Å²) in [4.78, 5) is 4.93. The van der Waals surface area contributed by atoms with Crippen molar-refractivity contribution in [3.8, 4) is 45.5 Å². The Morgan fingerprint density at radius 2 is 1.16 bits per heavy atom. The zero-order valence-corrected chi connectivity index (χ0v) is 39.1. The Labute approximate surface area is 396 Å². The molecule has 68 heavy (non-hydrogen) atoms. The molecular formula is C62H50BN3O2. The van der Waals surface area contributed by atoms with Gasteiger partial charge in [-0.05, 0) is 99.3 Å². The molecule has 2 unspecified atom stereocenters. The van der Waals surface area contributed by atoms with Crippen molar-refractivity contribution in [1.82, 2.24) is 14.1 Å². The van der Waals surface area contributed by atoms with Crippen LogP contribution in [0.1, 0.15) is 65.0 Å². The molecule has 0 spiro atoms. The summed E-state index contributed by atoms with van der Waals surface area (Å²) < 4.78 is 20.2. The summed E-state index contributed by atoms with van der Waals surface area (Å²) in [6.07, 6.45) is 5.37. The van der Waals surface area contributed by atoms with Crippen molar-refractivity contribution in [3.63, 3.8) is 0 Å². The summed E-state index contributed by atoms with van der Waals surface area (Å²) >= 11 is 0. The van der Waals surface area contributed by atoms with Crippen LogP contribution in [0.5, 0.6) is 23.0 Å². The highest BCUT2D eigenvalue weighted by Gasteiger charge is 2.50. The molecule has 0 bridgehead atoms. The molecule has 0 N–H and O–H groups in total. The molecular weight excluding hydrogens is 830 g/mol. The number of ether oxygens (including phenoxy) is 2. The van der Waals surface area contributed by atoms with Gasteiger partial charge in [0.25, 0.3) is 6.71 Å². The summed E-state index contributed by atoms with van der Waals surface area (Å²) in [6.45, 7) is 12.0. The van der Waals surface area contributed by atoms with E-state index in [1.165, 1.54) is 51.1 Å². The quantitative estimate of drug-likeness (QED) is 0.156. The fourth-order valence-electron chi connectivity index (χ4n) is 13.3. The lowest BCUT2D eigenvalue weighted by Crippen LogP contribution is -2.58. The van der Waals surface area contributed by atoms with E-state index in [1.807, 2.05) is 12.3 Å². The molecule has 0 radical (unpaired) electrons. The normalized spacial score (nSPS) is 17.0. The van der Waals surface area contributed by atoms with Crippen molar-refractivity contribution in [3.05, 3.63) is 181 Å². The van der Waals surface area contributed by atoms with Gasteiger partial charge >= 0.3 is 0 Å². The van der Waals surface area contributed by atoms with Crippen molar-refractivity contribution < 1.29 is 9.47 Å². The molecule has 0 saturated carbocycles. The highest BCUT2D eigenvalue weighted by Crippen LogP contribution is 2.57. The maximum absolute atomic E-state index is 7.85. The van der Waals surface area contributed by atoms with Gasteiger partial charge in [-0.3, -0.25) is 4.98 Å². The second-order valence-corrected chi connectivity index (χ2v) is 20.6. The summed E-state index contributed by atoms with van der Waals surface area (Å²) in [7, 11) is 0. The third kappa shape index (κ3) is 5.32. The van der Waals surface area contributed by atoms with Crippen LogP contribution >= 0.6 is 0 Å². The lowest BCUT2D eigenvalue weighted by Gasteiger charge is -2.36. The first kappa shape index (κ1) is 39.6. The Balaban J connectivity index is 1.13. The molecule has 3 aromatic heterocycles. The summed E-state index contributed by atoms with van der Waals surface area (Å²) in [6, 6.07) is 59.9. The summed E-state index contributed by atoms with van der Waals surface area (Å²) in [5.74, 6) is 3.89. The maximum atomic E-state index is 7.85. The zero-order chi connectivity index (χ0) is 45.6. The fraction of sp³-hybridized carbons (Fsp3) is 0.177. The Morgan fingerprint density at radius 3 is 1.78 bits per heavy atom. The molecule has 328 valence electrons.